The number of piperazine rings is 1. The van der Waals surface area contributed by atoms with Gasteiger partial charge in [0.1, 0.15) is 18.5 Å². The van der Waals surface area contributed by atoms with Gasteiger partial charge < -0.3 is 9.84 Å². The maximum absolute atomic E-state index is 10.8. The van der Waals surface area contributed by atoms with Crippen molar-refractivity contribution in [1.29, 1.82) is 0 Å². The zero-order valence-electron chi connectivity index (χ0n) is 23.7. The molecule has 4 heteroatoms. The molecule has 40 heavy (non-hydrogen) atoms. The van der Waals surface area contributed by atoms with Crippen LogP contribution in [0.5, 0.6) is 5.75 Å². The molecule has 1 aliphatic heterocycles. The summed E-state index contributed by atoms with van der Waals surface area (Å²) in [5, 5.41) is 10.8. The van der Waals surface area contributed by atoms with Crippen molar-refractivity contribution < 1.29 is 9.84 Å². The van der Waals surface area contributed by atoms with Crippen LogP contribution in [0.4, 0.5) is 0 Å². The van der Waals surface area contributed by atoms with Gasteiger partial charge in [0.25, 0.3) is 0 Å². The Bertz CT molecular complexity index is 1160. The second-order valence-corrected chi connectivity index (χ2v) is 13.2. The van der Waals surface area contributed by atoms with Crippen molar-refractivity contribution in [2.45, 2.75) is 56.1 Å². The lowest BCUT2D eigenvalue weighted by Gasteiger charge is -2.57. The van der Waals surface area contributed by atoms with Gasteiger partial charge in [0.05, 0.1) is 6.04 Å². The van der Waals surface area contributed by atoms with E-state index in [0.29, 0.717) is 18.6 Å². The zero-order valence-corrected chi connectivity index (χ0v) is 23.7. The van der Waals surface area contributed by atoms with E-state index >= 15 is 0 Å². The molecule has 1 atom stereocenters. The first-order chi connectivity index (χ1) is 19.6. The van der Waals surface area contributed by atoms with Gasteiger partial charge >= 0.3 is 0 Å². The minimum absolute atomic E-state index is 0.263. The summed E-state index contributed by atoms with van der Waals surface area (Å²) in [6.45, 7) is 4.86. The third-order valence-electron chi connectivity index (χ3n) is 10.4. The number of ether oxygens (including phenoxy) is 1. The molecule has 0 spiro atoms. The Morgan fingerprint density at radius 2 is 1.23 bits per heavy atom. The molecule has 8 rings (SSSR count). The third-order valence-corrected chi connectivity index (χ3v) is 10.4. The Hall–Kier alpha value is -2.66. The number of hydrogen-bond acceptors (Lipinski definition) is 4. The van der Waals surface area contributed by atoms with Gasteiger partial charge in [-0.15, -0.1) is 0 Å². The summed E-state index contributed by atoms with van der Waals surface area (Å²) in [5.41, 5.74) is 4.63. The van der Waals surface area contributed by atoms with Gasteiger partial charge in [-0.05, 0) is 90.5 Å². The number of aliphatic hydroxyl groups is 1. The summed E-state index contributed by atoms with van der Waals surface area (Å²) in [4.78, 5) is 4.96. The molecule has 1 unspecified atom stereocenters. The Kier molecular flexibility index (Phi) is 7.42. The largest absolute Gasteiger partial charge is 0.491 e. The van der Waals surface area contributed by atoms with E-state index in [1.54, 1.807) is 0 Å². The molecule has 0 amide bonds. The molecule has 0 radical (unpaired) electrons. The highest BCUT2D eigenvalue weighted by molar-refractivity contribution is 5.35. The van der Waals surface area contributed by atoms with E-state index in [-0.39, 0.29) is 6.04 Å². The molecule has 4 aliphatic carbocycles. The van der Waals surface area contributed by atoms with E-state index in [4.69, 9.17) is 4.74 Å². The smallest absolute Gasteiger partial charge is 0.119 e. The number of aliphatic hydroxyl groups excluding tert-OH is 1. The summed E-state index contributed by atoms with van der Waals surface area (Å²) < 4.78 is 6.07. The molecule has 4 nitrogen and oxygen atoms in total. The van der Waals surface area contributed by atoms with Crippen LogP contribution < -0.4 is 4.74 Å². The van der Waals surface area contributed by atoms with Crippen molar-refractivity contribution in [3.05, 3.63) is 102 Å². The van der Waals surface area contributed by atoms with Gasteiger partial charge in [-0.25, -0.2) is 0 Å². The third kappa shape index (κ3) is 5.46. The molecule has 5 fully saturated rings. The second kappa shape index (κ2) is 11.3. The van der Waals surface area contributed by atoms with Crippen molar-refractivity contribution in [1.82, 2.24) is 9.80 Å². The highest BCUT2D eigenvalue weighted by atomic mass is 16.5. The summed E-state index contributed by atoms with van der Waals surface area (Å²) in [7, 11) is 0. The molecule has 3 aromatic rings. The molecule has 4 saturated carbocycles. The van der Waals surface area contributed by atoms with Crippen molar-refractivity contribution in [2.75, 3.05) is 39.3 Å². The molecule has 4 bridgehead atoms. The molecule has 1 saturated heterocycles. The van der Waals surface area contributed by atoms with Crippen molar-refractivity contribution in [3.8, 4) is 5.75 Å². The van der Waals surface area contributed by atoms with E-state index in [9.17, 15) is 5.11 Å². The van der Waals surface area contributed by atoms with E-state index < -0.39 is 6.10 Å². The standard InChI is InChI=1S/C36H44N2O2/c39-33(26-40-34-13-11-32(12-14-34)36-22-27-19-28(23-36)21-29(20-27)24-36)25-37-15-17-38(18-16-37)35(30-7-3-1-4-8-30)31-9-5-2-6-10-31/h1-14,27-29,33,35,39H,15-26H2. The number of β-amino-alcohol motifs (C(OH)–C–C–N with tert-alkyl or cyclic N) is 1. The molecular formula is C36H44N2O2. The van der Waals surface area contributed by atoms with Crippen LogP contribution in [0.15, 0.2) is 84.9 Å². The molecule has 0 aromatic heterocycles. The predicted molar refractivity (Wildman–Crippen MR) is 161 cm³/mol. The van der Waals surface area contributed by atoms with Crippen LogP contribution in [-0.2, 0) is 5.41 Å². The highest BCUT2D eigenvalue weighted by Gasteiger charge is 2.51. The van der Waals surface area contributed by atoms with Crippen LogP contribution in [-0.4, -0.2) is 60.3 Å². The molecular weight excluding hydrogens is 492 g/mol. The van der Waals surface area contributed by atoms with Crippen LogP contribution in [0.3, 0.4) is 0 Å². The Morgan fingerprint density at radius 1 is 0.700 bits per heavy atom. The maximum atomic E-state index is 10.8. The quantitative estimate of drug-likeness (QED) is 0.348. The minimum Gasteiger partial charge on any atom is -0.491 e. The lowest BCUT2D eigenvalue weighted by molar-refractivity contribution is -0.00522. The normalized spacial score (nSPS) is 29.1. The van der Waals surface area contributed by atoms with E-state index in [1.165, 1.54) is 55.2 Å². The topological polar surface area (TPSA) is 35.9 Å². The van der Waals surface area contributed by atoms with Gasteiger partial charge in [-0.2, -0.15) is 0 Å². The lowest BCUT2D eigenvalue weighted by Crippen LogP contribution is -2.50. The summed E-state index contributed by atoms with van der Waals surface area (Å²) in [6.07, 6.45) is 8.12. The van der Waals surface area contributed by atoms with Crippen molar-refractivity contribution in [2.24, 2.45) is 17.8 Å². The van der Waals surface area contributed by atoms with Gasteiger partial charge in [-0.1, -0.05) is 72.8 Å². The fourth-order valence-corrected chi connectivity index (χ4v) is 9.00. The fraction of sp³-hybridized carbons (Fsp3) is 0.500. The molecule has 3 aromatic carbocycles. The Labute approximate surface area is 240 Å². The van der Waals surface area contributed by atoms with Crippen LogP contribution in [0.2, 0.25) is 0 Å². The average molecular weight is 537 g/mol. The summed E-state index contributed by atoms with van der Waals surface area (Å²) in [5.74, 6) is 3.76. The number of hydrogen-bond donors (Lipinski definition) is 1. The molecule has 5 aliphatic rings. The van der Waals surface area contributed by atoms with Crippen LogP contribution in [0, 0.1) is 17.8 Å². The van der Waals surface area contributed by atoms with Gasteiger partial charge in [0.2, 0.25) is 0 Å². The van der Waals surface area contributed by atoms with Crippen LogP contribution in [0.25, 0.3) is 0 Å². The predicted octanol–water partition coefficient (Wildman–Crippen LogP) is 6.30. The SMILES string of the molecule is OC(COc1ccc(C23CC4CC(CC(C4)C2)C3)cc1)CN1CCN(C(c2ccccc2)c2ccccc2)CC1. The number of nitrogens with zero attached hydrogens (tertiary/aromatic N) is 2. The van der Waals surface area contributed by atoms with Gasteiger partial charge in [-0.3, -0.25) is 9.80 Å². The minimum atomic E-state index is -0.492. The first kappa shape index (κ1) is 26.3. The van der Waals surface area contributed by atoms with E-state index in [0.717, 1.165) is 49.7 Å². The Morgan fingerprint density at radius 3 is 1.75 bits per heavy atom. The summed E-state index contributed by atoms with van der Waals surface area (Å²) >= 11 is 0. The first-order valence-corrected chi connectivity index (χ1v) is 15.6. The van der Waals surface area contributed by atoms with Crippen LogP contribution >= 0.6 is 0 Å². The highest BCUT2D eigenvalue weighted by Crippen LogP contribution is 2.60. The molecule has 1 N–H and O–H groups in total. The number of rotatable bonds is 9. The van der Waals surface area contributed by atoms with E-state index in [2.05, 4.69) is 94.7 Å². The van der Waals surface area contributed by atoms with Crippen molar-refractivity contribution in [3.63, 3.8) is 0 Å². The zero-order chi connectivity index (χ0) is 26.9. The van der Waals surface area contributed by atoms with Gasteiger partial charge in [0.15, 0.2) is 0 Å². The van der Waals surface area contributed by atoms with Crippen LogP contribution in [0.1, 0.15) is 61.3 Å². The Balaban J connectivity index is 0.909. The lowest BCUT2D eigenvalue weighted by atomic mass is 9.48. The maximum Gasteiger partial charge on any atom is 0.119 e. The second-order valence-electron chi connectivity index (χ2n) is 13.2. The first-order valence-electron chi connectivity index (χ1n) is 15.6. The molecule has 210 valence electrons. The van der Waals surface area contributed by atoms with Gasteiger partial charge in [0, 0.05) is 32.7 Å². The van der Waals surface area contributed by atoms with E-state index in [1.807, 2.05) is 0 Å². The summed E-state index contributed by atoms with van der Waals surface area (Å²) in [6, 6.07) is 30.9. The number of benzene rings is 3. The average Bonchev–Trinajstić information content (AvgIpc) is 2.98. The van der Waals surface area contributed by atoms with Crippen molar-refractivity contribution >= 4 is 0 Å². The molecule has 1 heterocycles. The fourth-order valence-electron chi connectivity index (χ4n) is 9.00. The monoisotopic (exact) mass is 536 g/mol.